The number of aryl methyl sites for hydroxylation is 1. The van der Waals surface area contributed by atoms with E-state index in [2.05, 4.69) is 4.90 Å². The van der Waals surface area contributed by atoms with Crippen LogP contribution in [0.25, 0.3) is 0 Å². The molecular formula is C27H34F3NO4. The first-order chi connectivity index (χ1) is 16.7. The third-order valence-corrected chi connectivity index (χ3v) is 7.62. The zero-order valence-corrected chi connectivity index (χ0v) is 20.5. The molecule has 1 saturated heterocycles. The Kier molecular flexibility index (Phi) is 7.64. The van der Waals surface area contributed by atoms with E-state index in [1.807, 2.05) is 18.2 Å². The predicted molar refractivity (Wildman–Crippen MR) is 128 cm³/mol. The first-order valence-electron chi connectivity index (χ1n) is 12.1. The monoisotopic (exact) mass is 493 g/mol. The summed E-state index contributed by atoms with van der Waals surface area (Å²) in [7, 11) is 4.85. The summed E-state index contributed by atoms with van der Waals surface area (Å²) >= 11 is 0. The van der Waals surface area contributed by atoms with Crippen molar-refractivity contribution in [3.63, 3.8) is 0 Å². The third-order valence-electron chi connectivity index (χ3n) is 7.62. The lowest BCUT2D eigenvalue weighted by atomic mass is 9.67. The van der Waals surface area contributed by atoms with Crippen molar-refractivity contribution >= 4 is 5.69 Å². The molecular weight excluding hydrogens is 459 g/mol. The van der Waals surface area contributed by atoms with Crippen LogP contribution in [-0.2, 0) is 21.5 Å². The van der Waals surface area contributed by atoms with Gasteiger partial charge in [0.2, 0.25) is 0 Å². The van der Waals surface area contributed by atoms with Gasteiger partial charge in [-0.2, -0.15) is 13.2 Å². The van der Waals surface area contributed by atoms with Crippen LogP contribution < -0.4 is 9.64 Å². The molecule has 2 aromatic carbocycles. The normalized spacial score (nSPS) is 23.4. The Balaban J connectivity index is 1.60. The number of ether oxygens (including phenoxy) is 3. The minimum Gasteiger partial charge on any atom is -0.497 e. The van der Waals surface area contributed by atoms with Crippen molar-refractivity contribution < 1.29 is 32.5 Å². The third kappa shape index (κ3) is 5.29. The summed E-state index contributed by atoms with van der Waals surface area (Å²) in [4.78, 5) is 2.25. The Bertz CT molecular complexity index is 985. The highest BCUT2D eigenvalue weighted by Gasteiger charge is 2.48. The summed E-state index contributed by atoms with van der Waals surface area (Å²) in [6.07, 6.45) is -3.08. The van der Waals surface area contributed by atoms with Gasteiger partial charge >= 0.3 is 6.18 Å². The van der Waals surface area contributed by atoms with Crippen LogP contribution in [0.1, 0.15) is 42.4 Å². The molecule has 0 amide bonds. The van der Waals surface area contributed by atoms with Crippen molar-refractivity contribution in [3.05, 3.63) is 59.2 Å². The van der Waals surface area contributed by atoms with Crippen LogP contribution in [0.3, 0.4) is 0 Å². The van der Waals surface area contributed by atoms with E-state index in [4.69, 9.17) is 14.2 Å². The quantitative estimate of drug-likeness (QED) is 0.532. The molecule has 2 aromatic rings. The Morgan fingerprint density at radius 3 is 2.23 bits per heavy atom. The van der Waals surface area contributed by atoms with Crippen LogP contribution in [0.5, 0.6) is 5.75 Å². The van der Waals surface area contributed by atoms with E-state index in [0.29, 0.717) is 29.2 Å². The molecule has 2 unspecified atom stereocenters. The fourth-order valence-corrected chi connectivity index (χ4v) is 5.79. The minimum atomic E-state index is -4.37. The number of hydrogen-bond acceptors (Lipinski definition) is 5. The average molecular weight is 494 g/mol. The molecule has 2 atom stereocenters. The van der Waals surface area contributed by atoms with Gasteiger partial charge in [-0.25, -0.2) is 0 Å². The van der Waals surface area contributed by atoms with Crippen LogP contribution >= 0.6 is 0 Å². The molecule has 0 radical (unpaired) electrons. The van der Waals surface area contributed by atoms with Crippen molar-refractivity contribution in [1.82, 2.24) is 0 Å². The van der Waals surface area contributed by atoms with E-state index in [0.717, 1.165) is 37.2 Å². The maximum Gasteiger partial charge on any atom is 0.389 e. The Morgan fingerprint density at radius 1 is 1.00 bits per heavy atom. The Labute approximate surface area is 204 Å². The topological polar surface area (TPSA) is 51.2 Å². The molecule has 0 saturated carbocycles. The van der Waals surface area contributed by atoms with E-state index in [1.54, 1.807) is 45.6 Å². The SMILES string of the molecule is COc1ccc2c(c1)CCC(CC(F)(F)F)C2(O)c1ccc(N2CCC(C(OC)OC)CC2)cc1. The largest absolute Gasteiger partial charge is 0.497 e. The number of hydrogen-bond donors (Lipinski definition) is 1. The second kappa shape index (κ2) is 10.4. The first-order valence-corrected chi connectivity index (χ1v) is 12.1. The molecule has 4 rings (SSSR count). The highest BCUT2D eigenvalue weighted by molar-refractivity contribution is 5.52. The number of aliphatic hydroxyl groups is 1. The van der Waals surface area contributed by atoms with Gasteiger partial charge in [0.1, 0.15) is 11.4 Å². The number of nitrogens with zero attached hydrogens (tertiary/aromatic N) is 1. The molecule has 0 aromatic heterocycles. The number of fused-ring (bicyclic) bond motifs is 1. The van der Waals surface area contributed by atoms with E-state index < -0.39 is 24.1 Å². The summed E-state index contributed by atoms with van der Waals surface area (Å²) < 4.78 is 56.6. The standard InChI is InChI=1S/C27H34F3NO4/c1-33-23-10-11-24-19(16-23)4-5-21(17-26(28,29)30)27(24,32)20-6-8-22(9-7-20)31-14-12-18(13-15-31)25(34-2)35-3/h6-11,16,18,21,25,32H,4-5,12-15,17H2,1-3H3. The Morgan fingerprint density at radius 2 is 1.66 bits per heavy atom. The zero-order valence-electron chi connectivity index (χ0n) is 20.5. The number of rotatable bonds is 7. The summed E-state index contributed by atoms with van der Waals surface area (Å²) in [6, 6.07) is 12.6. The molecule has 2 aliphatic rings. The number of piperidine rings is 1. The molecule has 35 heavy (non-hydrogen) atoms. The Hall–Kier alpha value is -2.29. The van der Waals surface area contributed by atoms with Gasteiger partial charge in [-0.1, -0.05) is 18.2 Å². The molecule has 1 fully saturated rings. The van der Waals surface area contributed by atoms with E-state index in [9.17, 15) is 18.3 Å². The van der Waals surface area contributed by atoms with Crippen molar-refractivity contribution in [2.45, 2.75) is 50.2 Å². The van der Waals surface area contributed by atoms with Gasteiger partial charge in [0, 0.05) is 51.3 Å². The van der Waals surface area contributed by atoms with Gasteiger partial charge in [-0.3, -0.25) is 0 Å². The van der Waals surface area contributed by atoms with Crippen molar-refractivity contribution in [3.8, 4) is 5.75 Å². The van der Waals surface area contributed by atoms with Gasteiger partial charge in [0.15, 0.2) is 6.29 Å². The summed E-state index contributed by atoms with van der Waals surface area (Å²) in [5, 5.41) is 12.0. The fourth-order valence-electron chi connectivity index (χ4n) is 5.79. The van der Waals surface area contributed by atoms with E-state index in [1.165, 1.54) is 0 Å². The highest BCUT2D eigenvalue weighted by atomic mass is 19.4. The van der Waals surface area contributed by atoms with Gasteiger partial charge in [0.25, 0.3) is 0 Å². The maximum atomic E-state index is 13.5. The van der Waals surface area contributed by atoms with Crippen LogP contribution in [0.15, 0.2) is 42.5 Å². The fraction of sp³-hybridized carbons (Fsp3) is 0.556. The second-order valence-corrected chi connectivity index (χ2v) is 9.56. The predicted octanol–water partition coefficient (Wildman–Crippen LogP) is 5.28. The van der Waals surface area contributed by atoms with Gasteiger partial charge < -0.3 is 24.2 Å². The zero-order chi connectivity index (χ0) is 25.2. The first kappa shape index (κ1) is 25.8. The highest BCUT2D eigenvalue weighted by Crippen LogP contribution is 2.49. The number of methoxy groups -OCH3 is 3. The van der Waals surface area contributed by atoms with Crippen molar-refractivity contribution in [1.29, 1.82) is 0 Å². The molecule has 1 heterocycles. The number of halogens is 3. The van der Waals surface area contributed by atoms with Crippen molar-refractivity contribution in [2.24, 2.45) is 11.8 Å². The van der Waals surface area contributed by atoms with Crippen LogP contribution in [0.4, 0.5) is 18.9 Å². The second-order valence-electron chi connectivity index (χ2n) is 9.56. The van der Waals surface area contributed by atoms with E-state index >= 15 is 0 Å². The van der Waals surface area contributed by atoms with Crippen LogP contribution in [0.2, 0.25) is 0 Å². The lowest BCUT2D eigenvalue weighted by Gasteiger charge is -2.43. The van der Waals surface area contributed by atoms with Gasteiger partial charge in [0.05, 0.1) is 7.11 Å². The van der Waals surface area contributed by atoms with E-state index in [-0.39, 0.29) is 12.7 Å². The summed E-state index contributed by atoms with van der Waals surface area (Å²) in [5.74, 6) is -0.0200. The van der Waals surface area contributed by atoms with Gasteiger partial charge in [-0.05, 0) is 66.6 Å². The number of alkyl halides is 3. The van der Waals surface area contributed by atoms with Crippen LogP contribution in [0, 0.1) is 11.8 Å². The van der Waals surface area contributed by atoms with Gasteiger partial charge in [-0.15, -0.1) is 0 Å². The lowest BCUT2D eigenvalue weighted by Crippen LogP contribution is -2.42. The molecule has 0 bridgehead atoms. The molecule has 1 aliphatic heterocycles. The molecule has 1 aliphatic carbocycles. The lowest BCUT2D eigenvalue weighted by molar-refractivity contribution is -0.163. The smallest absolute Gasteiger partial charge is 0.389 e. The molecule has 5 nitrogen and oxygen atoms in total. The van der Waals surface area contributed by atoms with Crippen molar-refractivity contribution in [2.75, 3.05) is 39.3 Å². The minimum absolute atomic E-state index is 0.218. The molecule has 8 heteroatoms. The van der Waals surface area contributed by atoms with Crippen LogP contribution in [-0.4, -0.2) is 52.0 Å². The summed E-state index contributed by atoms with van der Waals surface area (Å²) in [6.45, 7) is 1.66. The molecule has 0 spiro atoms. The summed E-state index contributed by atoms with van der Waals surface area (Å²) in [5.41, 5.74) is 1.08. The molecule has 192 valence electrons. The number of benzene rings is 2. The number of anilines is 1. The molecule has 1 N–H and O–H groups in total. The maximum absolute atomic E-state index is 13.5. The average Bonchev–Trinajstić information content (AvgIpc) is 2.86.